The molecular weight excluding hydrogens is 291 g/mol. The summed E-state index contributed by atoms with van der Waals surface area (Å²) in [6, 6.07) is 0. The fourth-order valence-corrected chi connectivity index (χ4v) is 1.06. The van der Waals surface area contributed by atoms with Crippen molar-refractivity contribution in [3.05, 3.63) is 10.1 Å². The summed E-state index contributed by atoms with van der Waals surface area (Å²) in [5.74, 6) is 9.52. The first-order valence-corrected chi connectivity index (χ1v) is 6.29. The van der Waals surface area contributed by atoms with Gasteiger partial charge in [-0.25, -0.2) is 14.9 Å². The van der Waals surface area contributed by atoms with Crippen molar-refractivity contribution < 1.29 is 38.1 Å². The summed E-state index contributed by atoms with van der Waals surface area (Å²) in [5.41, 5.74) is 0. The number of carbonyl (C=O) groups excluding carboxylic acids is 1. The number of rotatable bonds is 6. The molecule has 0 aromatic carbocycles. The SMILES string of the molecule is CCCCCN(OC(=O)C#CC#CC#CS[O-])[N+](=O)[O-].[Li+]. The van der Waals surface area contributed by atoms with Crippen LogP contribution in [0.1, 0.15) is 26.2 Å². The van der Waals surface area contributed by atoms with E-state index in [0.29, 0.717) is 11.6 Å². The van der Waals surface area contributed by atoms with E-state index in [1.54, 1.807) is 0 Å². The van der Waals surface area contributed by atoms with Crippen molar-refractivity contribution in [1.29, 1.82) is 0 Å². The van der Waals surface area contributed by atoms with E-state index < -0.39 is 11.0 Å². The molecule has 0 radical (unpaired) electrons. The topological polar surface area (TPSA) is 95.7 Å². The molecule has 0 fully saturated rings. The molecule has 0 aromatic heterocycles. The molecule has 7 nitrogen and oxygen atoms in total. The molecular formula is C12H11LiN2O5S. The zero-order valence-electron chi connectivity index (χ0n) is 11.7. The quantitative estimate of drug-likeness (QED) is 0.139. The second-order valence-corrected chi connectivity index (χ2v) is 3.58. The van der Waals surface area contributed by atoms with E-state index in [0.717, 1.165) is 12.8 Å². The summed E-state index contributed by atoms with van der Waals surface area (Å²) in [6.45, 7) is 1.94. The van der Waals surface area contributed by atoms with Crippen LogP contribution in [0.15, 0.2) is 0 Å². The molecule has 0 aliphatic carbocycles. The van der Waals surface area contributed by atoms with Gasteiger partial charge in [0.15, 0.2) is 5.03 Å². The maximum atomic E-state index is 11.2. The van der Waals surface area contributed by atoms with E-state index in [-0.39, 0.29) is 37.4 Å². The van der Waals surface area contributed by atoms with Gasteiger partial charge in [0.05, 0.1) is 5.17 Å². The molecule has 0 atom stereocenters. The summed E-state index contributed by atoms with van der Waals surface area (Å²) in [4.78, 5) is 26.2. The van der Waals surface area contributed by atoms with Crippen LogP contribution in [0.25, 0.3) is 0 Å². The van der Waals surface area contributed by atoms with Gasteiger partial charge in [0.2, 0.25) is 0 Å². The monoisotopic (exact) mass is 302 g/mol. The van der Waals surface area contributed by atoms with Crippen LogP contribution in [0.3, 0.4) is 0 Å². The van der Waals surface area contributed by atoms with Crippen molar-refractivity contribution >= 4 is 18.0 Å². The molecule has 0 heterocycles. The Morgan fingerprint density at radius 2 is 1.95 bits per heavy atom. The van der Waals surface area contributed by atoms with Crippen LogP contribution < -0.4 is 18.9 Å². The van der Waals surface area contributed by atoms with Gasteiger partial charge in [0, 0.05) is 5.92 Å². The van der Waals surface area contributed by atoms with Crippen molar-refractivity contribution in [2.45, 2.75) is 26.2 Å². The van der Waals surface area contributed by atoms with Crippen molar-refractivity contribution in [1.82, 2.24) is 5.17 Å². The van der Waals surface area contributed by atoms with E-state index in [1.807, 2.05) is 12.8 Å². The van der Waals surface area contributed by atoms with Crippen LogP contribution in [-0.2, 0) is 9.63 Å². The van der Waals surface area contributed by atoms with Crippen LogP contribution in [0.5, 0.6) is 0 Å². The first-order valence-electron chi connectivity index (χ1n) is 5.55. The molecule has 0 bridgehead atoms. The number of hydrogen-bond donors (Lipinski definition) is 0. The van der Waals surface area contributed by atoms with Crippen LogP contribution in [-0.4, -0.2) is 27.3 Å². The molecule has 0 rings (SSSR count). The smallest absolute Gasteiger partial charge is 0.789 e. The third-order valence-corrected chi connectivity index (χ3v) is 1.95. The number of nitrogens with zero attached hydrogens (tertiary/aromatic N) is 2. The molecule has 0 unspecified atom stereocenters. The minimum atomic E-state index is -1.08. The largest absolute Gasteiger partial charge is 1.00 e. The van der Waals surface area contributed by atoms with Gasteiger partial charge >= 0.3 is 24.8 Å². The molecule has 0 aromatic rings. The molecule has 106 valence electrons. The van der Waals surface area contributed by atoms with Gasteiger partial charge in [-0.3, -0.25) is 4.84 Å². The Morgan fingerprint density at radius 1 is 1.29 bits per heavy atom. The number of carbonyl (C=O) groups is 1. The summed E-state index contributed by atoms with van der Waals surface area (Å²) < 4.78 is 9.86. The molecule has 0 aliphatic rings. The van der Waals surface area contributed by atoms with Crippen LogP contribution in [0.4, 0.5) is 0 Å². The molecule has 0 N–H and O–H groups in total. The number of hydroxylamine groups is 1. The average Bonchev–Trinajstić information content (AvgIpc) is 2.41. The Labute approximate surface area is 139 Å². The summed E-state index contributed by atoms with van der Waals surface area (Å²) in [7, 11) is 0. The summed E-state index contributed by atoms with van der Waals surface area (Å²) >= 11 is 0.0519. The van der Waals surface area contributed by atoms with Crippen molar-refractivity contribution in [3.63, 3.8) is 0 Å². The van der Waals surface area contributed by atoms with E-state index in [4.69, 9.17) is 0 Å². The summed E-state index contributed by atoms with van der Waals surface area (Å²) in [5, 5.41) is 12.2. The Morgan fingerprint density at radius 3 is 2.52 bits per heavy atom. The molecule has 0 saturated carbocycles. The van der Waals surface area contributed by atoms with Crippen LogP contribution >= 0.6 is 12.0 Å². The van der Waals surface area contributed by atoms with Gasteiger partial charge in [-0.05, 0) is 35.4 Å². The predicted octanol–water partition coefficient (Wildman–Crippen LogP) is -2.04. The Kier molecular flexibility index (Phi) is 15.0. The van der Waals surface area contributed by atoms with Crippen molar-refractivity contribution in [2.75, 3.05) is 6.54 Å². The molecule has 0 spiro atoms. The molecule has 21 heavy (non-hydrogen) atoms. The maximum Gasteiger partial charge on any atom is 1.00 e. The van der Waals surface area contributed by atoms with Gasteiger partial charge < -0.3 is 4.55 Å². The van der Waals surface area contributed by atoms with Gasteiger partial charge in [-0.15, -0.1) is 0 Å². The molecule has 0 saturated heterocycles. The zero-order chi connectivity index (χ0) is 15.2. The second-order valence-electron chi connectivity index (χ2n) is 3.21. The van der Waals surface area contributed by atoms with Gasteiger partial charge in [-0.2, -0.15) is 12.0 Å². The normalized spacial score (nSPS) is 7.52. The fraction of sp³-hybridized carbons (Fsp3) is 0.417. The van der Waals surface area contributed by atoms with Crippen molar-refractivity contribution in [2.24, 2.45) is 0 Å². The van der Waals surface area contributed by atoms with Crippen molar-refractivity contribution in [3.8, 4) is 34.9 Å². The second kappa shape index (κ2) is 14.7. The fourth-order valence-electron chi connectivity index (χ4n) is 0.967. The van der Waals surface area contributed by atoms with E-state index in [9.17, 15) is 19.5 Å². The average molecular weight is 302 g/mol. The van der Waals surface area contributed by atoms with E-state index >= 15 is 0 Å². The molecule has 0 aliphatic heterocycles. The van der Waals surface area contributed by atoms with Crippen LogP contribution in [0.2, 0.25) is 0 Å². The Hall–Kier alpha value is -1.74. The predicted molar refractivity (Wildman–Crippen MR) is 71.0 cm³/mol. The van der Waals surface area contributed by atoms with E-state index in [2.05, 4.69) is 33.8 Å². The minimum absolute atomic E-state index is 0. The number of hydrazine groups is 1. The van der Waals surface area contributed by atoms with Gasteiger partial charge in [0.25, 0.3) is 0 Å². The molecule has 0 amide bonds. The van der Waals surface area contributed by atoms with Crippen LogP contribution in [0, 0.1) is 45.0 Å². The standard InChI is InChI=1S/C12H12N2O5S.Li/c1-2-3-7-10-13(14(16)17)19-12(15)9-6-4-5-8-11-20-18;/h18H,2-3,7,10H2,1H3;/q;+1/p-1. The van der Waals surface area contributed by atoms with Gasteiger partial charge in [-0.1, -0.05) is 19.8 Å². The Bertz CT molecular complexity index is 521. The summed E-state index contributed by atoms with van der Waals surface area (Å²) in [6.07, 6.45) is 2.20. The zero-order valence-corrected chi connectivity index (χ0v) is 12.5. The minimum Gasteiger partial charge on any atom is -0.789 e. The third-order valence-electron chi connectivity index (χ3n) is 1.77. The Balaban J connectivity index is 0. The van der Waals surface area contributed by atoms with Gasteiger partial charge in [0.1, 0.15) is 6.54 Å². The maximum absolute atomic E-state index is 11.2. The first-order chi connectivity index (χ1) is 9.61. The molecule has 9 heteroatoms. The number of unbranched alkanes of at least 4 members (excludes halogenated alkanes) is 2. The first kappa shape index (κ1) is 21.6. The third kappa shape index (κ3) is 13.0. The number of hydrogen-bond acceptors (Lipinski definition) is 6. The number of nitro groups is 1. The van der Waals surface area contributed by atoms with E-state index in [1.165, 1.54) is 0 Å².